The summed E-state index contributed by atoms with van der Waals surface area (Å²) in [5.41, 5.74) is 2.99. The molecule has 2 aromatic rings. The number of hydrogen-bond donors (Lipinski definition) is 2. The molecule has 0 bridgehead atoms. The Morgan fingerprint density at radius 1 is 1.07 bits per heavy atom. The summed E-state index contributed by atoms with van der Waals surface area (Å²) in [6, 6.07) is 12.1. The van der Waals surface area contributed by atoms with E-state index in [1.165, 1.54) is 11.8 Å². The smallest absolute Gasteiger partial charge is 0.191 e. The summed E-state index contributed by atoms with van der Waals surface area (Å²) in [6.45, 7) is 4.40. The van der Waals surface area contributed by atoms with Crippen LogP contribution in [-0.2, 0) is 6.54 Å². The van der Waals surface area contributed by atoms with E-state index in [0.29, 0.717) is 18.1 Å². The van der Waals surface area contributed by atoms with Crippen LogP contribution in [0.5, 0.6) is 0 Å². The van der Waals surface area contributed by atoms with Gasteiger partial charge in [0.1, 0.15) is 0 Å². The molecule has 27 heavy (non-hydrogen) atoms. The summed E-state index contributed by atoms with van der Waals surface area (Å²) in [7, 11) is 1.68. The van der Waals surface area contributed by atoms with Crippen molar-refractivity contribution in [3.63, 3.8) is 0 Å². The third-order valence-electron chi connectivity index (χ3n) is 4.60. The number of nitrogens with one attached hydrogen (secondary N) is 2. The number of halogens is 2. The minimum Gasteiger partial charge on any atom is -0.364 e. The topological polar surface area (TPSA) is 39.7 Å². The fourth-order valence-corrected chi connectivity index (χ4v) is 2.96. The van der Waals surface area contributed by atoms with Crippen molar-refractivity contribution in [1.29, 1.82) is 0 Å². The summed E-state index contributed by atoms with van der Waals surface area (Å²) in [5.74, 6) is -1.10. The summed E-state index contributed by atoms with van der Waals surface area (Å²) in [6.07, 6.45) is 4.33. The van der Waals surface area contributed by atoms with Gasteiger partial charge in [-0.05, 0) is 42.3 Å². The fourth-order valence-electron chi connectivity index (χ4n) is 2.96. The van der Waals surface area contributed by atoms with Crippen LogP contribution in [0.25, 0.3) is 0 Å². The van der Waals surface area contributed by atoms with Crippen LogP contribution in [0.15, 0.2) is 59.6 Å². The zero-order valence-corrected chi connectivity index (χ0v) is 15.5. The van der Waals surface area contributed by atoms with Gasteiger partial charge in [-0.1, -0.05) is 30.4 Å². The molecule has 2 N–H and O–H groups in total. The van der Waals surface area contributed by atoms with E-state index in [1.54, 1.807) is 13.1 Å². The number of benzene rings is 2. The maximum atomic E-state index is 13.4. The van der Waals surface area contributed by atoms with Crippen LogP contribution < -0.4 is 15.5 Å². The number of nitrogens with zero attached hydrogens (tertiary/aromatic N) is 2. The van der Waals surface area contributed by atoms with E-state index in [2.05, 4.69) is 56.9 Å². The number of aliphatic imine (C=N–C) groups is 1. The molecule has 0 aliphatic carbocycles. The summed E-state index contributed by atoms with van der Waals surface area (Å²) >= 11 is 0. The first kappa shape index (κ1) is 18.9. The summed E-state index contributed by atoms with van der Waals surface area (Å²) in [4.78, 5) is 6.49. The Hall–Kier alpha value is -2.89. The molecule has 2 aromatic carbocycles. The number of rotatable bonds is 5. The van der Waals surface area contributed by atoms with Gasteiger partial charge in [-0.25, -0.2) is 8.78 Å². The lowest BCUT2D eigenvalue weighted by molar-refractivity contribution is 0.504. The molecular formula is C21H24F2N4. The van der Waals surface area contributed by atoms with Crippen molar-refractivity contribution in [3.05, 3.63) is 77.4 Å². The zero-order chi connectivity index (χ0) is 19.2. The second kappa shape index (κ2) is 8.66. The van der Waals surface area contributed by atoms with Crippen molar-refractivity contribution in [2.24, 2.45) is 4.99 Å². The number of hydrogen-bond acceptors (Lipinski definition) is 2. The van der Waals surface area contributed by atoms with Crippen molar-refractivity contribution in [2.75, 3.05) is 25.0 Å². The fraction of sp³-hybridized carbons (Fsp3) is 0.286. The van der Waals surface area contributed by atoms with E-state index in [-0.39, 0.29) is 6.04 Å². The monoisotopic (exact) mass is 370 g/mol. The lowest BCUT2D eigenvalue weighted by atomic mass is 10.1. The highest BCUT2D eigenvalue weighted by Gasteiger charge is 2.11. The van der Waals surface area contributed by atoms with Crippen molar-refractivity contribution < 1.29 is 8.78 Å². The lowest BCUT2D eigenvalue weighted by Crippen LogP contribution is -2.38. The molecule has 3 rings (SSSR count). The SMILES string of the molecule is CN=C(NCc1ccc(N2CC=CC2)cc1)NC(C)c1ccc(F)c(F)c1. The molecule has 0 fully saturated rings. The standard InChI is InChI=1S/C21H24F2N4/c1-15(17-7-10-19(22)20(23)13-17)26-21(24-2)25-14-16-5-8-18(9-6-16)27-11-3-4-12-27/h3-10,13,15H,11-12,14H2,1-2H3,(H2,24,25,26). The van der Waals surface area contributed by atoms with Gasteiger partial charge < -0.3 is 15.5 Å². The molecule has 1 unspecified atom stereocenters. The van der Waals surface area contributed by atoms with Gasteiger partial charge in [0, 0.05) is 32.4 Å². The molecule has 0 aromatic heterocycles. The zero-order valence-electron chi connectivity index (χ0n) is 15.5. The summed E-state index contributed by atoms with van der Waals surface area (Å²) in [5, 5.41) is 6.44. The van der Waals surface area contributed by atoms with Crippen LogP contribution in [0.4, 0.5) is 14.5 Å². The molecule has 0 amide bonds. The van der Waals surface area contributed by atoms with Gasteiger partial charge in [-0.3, -0.25) is 4.99 Å². The second-order valence-corrected chi connectivity index (χ2v) is 6.51. The number of anilines is 1. The van der Waals surface area contributed by atoms with Crippen LogP contribution >= 0.6 is 0 Å². The Kier molecular flexibility index (Phi) is 6.06. The van der Waals surface area contributed by atoms with Crippen molar-refractivity contribution >= 4 is 11.6 Å². The average Bonchev–Trinajstić information content (AvgIpc) is 3.22. The third-order valence-corrected chi connectivity index (χ3v) is 4.60. The van der Waals surface area contributed by atoms with Crippen LogP contribution in [0.1, 0.15) is 24.1 Å². The van der Waals surface area contributed by atoms with Gasteiger partial charge in [-0.15, -0.1) is 0 Å². The van der Waals surface area contributed by atoms with E-state index in [4.69, 9.17) is 0 Å². The largest absolute Gasteiger partial charge is 0.364 e. The Morgan fingerprint density at radius 2 is 1.78 bits per heavy atom. The van der Waals surface area contributed by atoms with Gasteiger partial charge in [-0.2, -0.15) is 0 Å². The van der Waals surface area contributed by atoms with Gasteiger partial charge >= 0.3 is 0 Å². The molecule has 1 heterocycles. The van der Waals surface area contributed by atoms with Gasteiger partial charge in [0.25, 0.3) is 0 Å². The molecular weight excluding hydrogens is 346 g/mol. The van der Waals surface area contributed by atoms with Crippen molar-refractivity contribution in [1.82, 2.24) is 10.6 Å². The predicted octanol–water partition coefficient (Wildman–Crippen LogP) is 3.77. The van der Waals surface area contributed by atoms with E-state index in [0.717, 1.165) is 24.7 Å². The van der Waals surface area contributed by atoms with E-state index >= 15 is 0 Å². The van der Waals surface area contributed by atoms with E-state index in [9.17, 15) is 8.78 Å². The lowest BCUT2D eigenvalue weighted by Gasteiger charge is -2.19. The van der Waals surface area contributed by atoms with Crippen LogP contribution in [0.3, 0.4) is 0 Å². The average molecular weight is 370 g/mol. The number of guanidine groups is 1. The molecule has 0 radical (unpaired) electrons. The second-order valence-electron chi connectivity index (χ2n) is 6.51. The van der Waals surface area contributed by atoms with E-state index < -0.39 is 11.6 Å². The minimum atomic E-state index is -0.850. The maximum Gasteiger partial charge on any atom is 0.191 e. The highest BCUT2D eigenvalue weighted by molar-refractivity contribution is 5.80. The van der Waals surface area contributed by atoms with Crippen LogP contribution in [0.2, 0.25) is 0 Å². The molecule has 142 valence electrons. The first-order chi connectivity index (χ1) is 13.1. The Labute approximate surface area is 158 Å². The van der Waals surface area contributed by atoms with Crippen molar-refractivity contribution in [2.45, 2.75) is 19.5 Å². The third kappa shape index (κ3) is 4.84. The highest BCUT2D eigenvalue weighted by atomic mass is 19.2. The minimum absolute atomic E-state index is 0.212. The molecule has 1 atom stereocenters. The molecule has 1 aliphatic rings. The quantitative estimate of drug-likeness (QED) is 0.478. The van der Waals surface area contributed by atoms with Gasteiger partial charge in [0.05, 0.1) is 6.04 Å². The Morgan fingerprint density at radius 3 is 2.41 bits per heavy atom. The van der Waals surface area contributed by atoms with Crippen LogP contribution in [0, 0.1) is 11.6 Å². The normalized spacial score (nSPS) is 15.1. The maximum absolute atomic E-state index is 13.4. The molecule has 0 spiro atoms. The Bertz CT molecular complexity index is 823. The van der Waals surface area contributed by atoms with E-state index in [1.807, 2.05) is 6.92 Å². The molecule has 6 heteroatoms. The van der Waals surface area contributed by atoms with Crippen LogP contribution in [-0.4, -0.2) is 26.1 Å². The first-order valence-corrected chi connectivity index (χ1v) is 8.98. The van der Waals surface area contributed by atoms with Gasteiger partial charge in [0.2, 0.25) is 0 Å². The summed E-state index contributed by atoms with van der Waals surface area (Å²) < 4.78 is 26.5. The van der Waals surface area contributed by atoms with Gasteiger partial charge in [0.15, 0.2) is 17.6 Å². The molecule has 0 saturated heterocycles. The Balaban J connectivity index is 1.54. The van der Waals surface area contributed by atoms with Crippen molar-refractivity contribution in [3.8, 4) is 0 Å². The predicted molar refractivity (Wildman–Crippen MR) is 106 cm³/mol. The first-order valence-electron chi connectivity index (χ1n) is 8.98. The molecule has 1 aliphatic heterocycles. The molecule has 0 saturated carbocycles. The molecule has 4 nitrogen and oxygen atoms in total. The highest BCUT2D eigenvalue weighted by Crippen LogP contribution is 2.18.